The Morgan fingerprint density at radius 2 is 1.05 bits per heavy atom. The number of hydrogen-bond donors (Lipinski definition) is 0. The second-order valence-corrected chi connectivity index (χ2v) is 4.72. The standard InChI is InChI=1S/2C7H12N2O/c2*8-2-1-3-9-4-6-10-7-5-9/h2*1,3-7H2. The molecule has 6 nitrogen and oxygen atoms in total. The smallest absolute Gasteiger partial charge is 0.0635 e. The van der Waals surface area contributed by atoms with Crippen molar-refractivity contribution < 1.29 is 9.47 Å². The lowest BCUT2D eigenvalue weighted by Crippen LogP contribution is -2.36. The lowest BCUT2D eigenvalue weighted by atomic mass is 10.3. The molecule has 0 bridgehead atoms. The lowest BCUT2D eigenvalue weighted by Gasteiger charge is -2.25. The van der Waals surface area contributed by atoms with Gasteiger partial charge in [-0.15, -0.1) is 0 Å². The zero-order chi connectivity index (χ0) is 14.5. The highest BCUT2D eigenvalue weighted by molar-refractivity contribution is 4.73. The van der Waals surface area contributed by atoms with Crippen LogP contribution in [0.4, 0.5) is 0 Å². The fraction of sp³-hybridized carbons (Fsp3) is 0.857. The average molecular weight is 280 g/mol. The summed E-state index contributed by atoms with van der Waals surface area (Å²) >= 11 is 0. The Morgan fingerprint density at radius 1 is 0.700 bits per heavy atom. The summed E-state index contributed by atoms with van der Waals surface area (Å²) in [6.45, 7) is 9.06. The number of nitriles is 2. The molecule has 2 fully saturated rings. The van der Waals surface area contributed by atoms with Gasteiger partial charge in [-0.1, -0.05) is 0 Å². The van der Waals surface area contributed by atoms with Crippen LogP contribution < -0.4 is 0 Å². The summed E-state index contributed by atoms with van der Waals surface area (Å²) in [6.07, 6.45) is 1.28. The highest BCUT2D eigenvalue weighted by atomic mass is 16.5. The first-order valence-corrected chi connectivity index (χ1v) is 7.21. The molecule has 2 saturated heterocycles. The minimum Gasteiger partial charge on any atom is -0.379 e. The molecule has 2 heterocycles. The molecule has 0 radical (unpaired) electrons. The van der Waals surface area contributed by atoms with Crippen molar-refractivity contribution in [2.24, 2.45) is 0 Å². The van der Waals surface area contributed by atoms with Gasteiger partial charge in [0, 0.05) is 52.1 Å². The summed E-state index contributed by atoms with van der Waals surface area (Å²) in [4.78, 5) is 4.51. The third-order valence-corrected chi connectivity index (χ3v) is 3.29. The maximum Gasteiger partial charge on any atom is 0.0635 e. The minimum absolute atomic E-state index is 0.639. The fourth-order valence-electron chi connectivity index (χ4n) is 2.07. The van der Waals surface area contributed by atoms with Crippen LogP contribution in [-0.2, 0) is 9.47 Å². The van der Waals surface area contributed by atoms with E-state index in [0.29, 0.717) is 12.8 Å². The third kappa shape index (κ3) is 8.08. The van der Waals surface area contributed by atoms with Crippen LogP contribution in [0.25, 0.3) is 0 Å². The van der Waals surface area contributed by atoms with Crippen molar-refractivity contribution >= 4 is 0 Å². The molecule has 0 aromatic rings. The average Bonchev–Trinajstić information content (AvgIpc) is 2.53. The third-order valence-electron chi connectivity index (χ3n) is 3.29. The van der Waals surface area contributed by atoms with E-state index in [1.165, 1.54) is 0 Å². The van der Waals surface area contributed by atoms with Gasteiger partial charge >= 0.3 is 0 Å². The van der Waals surface area contributed by atoms with Crippen molar-refractivity contribution in [3.05, 3.63) is 0 Å². The van der Waals surface area contributed by atoms with Gasteiger partial charge in [0.1, 0.15) is 0 Å². The van der Waals surface area contributed by atoms with E-state index in [1.807, 2.05) is 0 Å². The lowest BCUT2D eigenvalue weighted by molar-refractivity contribution is 0.0389. The van der Waals surface area contributed by atoms with Gasteiger partial charge in [-0.3, -0.25) is 9.80 Å². The SMILES string of the molecule is N#CCCN1CCOCC1.N#CCCN1CCOCC1. The Labute approximate surface area is 121 Å². The molecule has 6 heteroatoms. The van der Waals surface area contributed by atoms with E-state index in [4.69, 9.17) is 20.0 Å². The molecule has 2 aliphatic heterocycles. The summed E-state index contributed by atoms with van der Waals surface area (Å²) in [7, 11) is 0. The predicted molar refractivity (Wildman–Crippen MR) is 75.0 cm³/mol. The second-order valence-electron chi connectivity index (χ2n) is 4.72. The summed E-state index contributed by atoms with van der Waals surface area (Å²) in [5.41, 5.74) is 0. The summed E-state index contributed by atoms with van der Waals surface area (Å²) < 4.78 is 10.3. The Bertz CT molecular complexity index is 280. The van der Waals surface area contributed by atoms with Crippen LogP contribution in [0.3, 0.4) is 0 Å². The number of morpholine rings is 2. The molecule has 0 atom stereocenters. The highest BCUT2D eigenvalue weighted by Crippen LogP contribution is 1.97. The molecule has 0 spiro atoms. The summed E-state index contributed by atoms with van der Waals surface area (Å²) in [6, 6.07) is 4.27. The van der Waals surface area contributed by atoms with Crippen LogP contribution in [0.5, 0.6) is 0 Å². The van der Waals surface area contributed by atoms with E-state index in [2.05, 4.69) is 21.9 Å². The van der Waals surface area contributed by atoms with Crippen molar-refractivity contribution in [3.8, 4) is 12.1 Å². The van der Waals surface area contributed by atoms with E-state index >= 15 is 0 Å². The van der Waals surface area contributed by atoms with Crippen molar-refractivity contribution in [2.75, 3.05) is 65.7 Å². The van der Waals surface area contributed by atoms with E-state index in [1.54, 1.807) is 0 Å². The molecular formula is C14H24N4O2. The van der Waals surface area contributed by atoms with Crippen molar-refractivity contribution in [3.63, 3.8) is 0 Å². The molecule has 112 valence electrons. The van der Waals surface area contributed by atoms with Gasteiger partial charge in [-0.25, -0.2) is 0 Å². The first kappa shape index (κ1) is 16.9. The van der Waals surface area contributed by atoms with E-state index in [0.717, 1.165) is 65.7 Å². The Balaban J connectivity index is 0.000000200. The number of nitrogens with zero attached hydrogens (tertiary/aromatic N) is 4. The zero-order valence-electron chi connectivity index (χ0n) is 12.1. The van der Waals surface area contributed by atoms with Gasteiger partial charge in [0.2, 0.25) is 0 Å². The monoisotopic (exact) mass is 280 g/mol. The molecule has 0 N–H and O–H groups in total. The normalized spacial score (nSPS) is 20.3. The molecule has 0 aliphatic carbocycles. The maximum absolute atomic E-state index is 8.29. The molecular weight excluding hydrogens is 256 g/mol. The van der Waals surface area contributed by atoms with E-state index < -0.39 is 0 Å². The topological polar surface area (TPSA) is 72.5 Å². The van der Waals surface area contributed by atoms with Gasteiger partial charge < -0.3 is 9.47 Å². The van der Waals surface area contributed by atoms with Gasteiger partial charge in [0.05, 0.1) is 38.6 Å². The molecule has 0 unspecified atom stereocenters. The van der Waals surface area contributed by atoms with Crippen LogP contribution in [0.15, 0.2) is 0 Å². The molecule has 2 aliphatic rings. The molecule has 20 heavy (non-hydrogen) atoms. The fourth-order valence-corrected chi connectivity index (χ4v) is 2.07. The van der Waals surface area contributed by atoms with Crippen LogP contribution in [-0.4, -0.2) is 75.5 Å². The summed E-state index contributed by atoms with van der Waals surface area (Å²) in [5.74, 6) is 0. The molecule has 2 rings (SSSR count). The molecule has 0 saturated carbocycles. The Morgan fingerprint density at radius 3 is 1.35 bits per heavy atom. The largest absolute Gasteiger partial charge is 0.379 e. The van der Waals surface area contributed by atoms with Crippen LogP contribution in [0, 0.1) is 22.7 Å². The molecule has 0 aromatic heterocycles. The highest BCUT2D eigenvalue weighted by Gasteiger charge is 2.09. The van der Waals surface area contributed by atoms with Crippen molar-refractivity contribution in [1.82, 2.24) is 9.80 Å². The zero-order valence-corrected chi connectivity index (χ0v) is 12.1. The minimum atomic E-state index is 0.639. The van der Waals surface area contributed by atoms with Crippen molar-refractivity contribution in [2.45, 2.75) is 12.8 Å². The quantitative estimate of drug-likeness (QED) is 0.745. The van der Waals surface area contributed by atoms with Gasteiger partial charge in [-0.2, -0.15) is 10.5 Å². The van der Waals surface area contributed by atoms with Crippen LogP contribution >= 0.6 is 0 Å². The van der Waals surface area contributed by atoms with Gasteiger partial charge in [0.15, 0.2) is 0 Å². The number of hydrogen-bond acceptors (Lipinski definition) is 6. The van der Waals surface area contributed by atoms with Gasteiger partial charge in [0.25, 0.3) is 0 Å². The second kappa shape index (κ2) is 11.6. The first-order chi connectivity index (χ1) is 9.86. The van der Waals surface area contributed by atoms with Crippen molar-refractivity contribution in [1.29, 1.82) is 10.5 Å². The summed E-state index contributed by atoms with van der Waals surface area (Å²) in [5, 5.41) is 16.6. The molecule has 0 aromatic carbocycles. The first-order valence-electron chi connectivity index (χ1n) is 7.21. The maximum atomic E-state index is 8.29. The van der Waals surface area contributed by atoms with Crippen LogP contribution in [0.2, 0.25) is 0 Å². The predicted octanol–water partition coefficient (Wildman–Crippen LogP) is 0.465. The van der Waals surface area contributed by atoms with E-state index in [9.17, 15) is 0 Å². The number of rotatable bonds is 4. The Hall–Kier alpha value is -1.18. The van der Waals surface area contributed by atoms with E-state index in [-0.39, 0.29) is 0 Å². The van der Waals surface area contributed by atoms with Crippen LogP contribution in [0.1, 0.15) is 12.8 Å². The molecule has 0 amide bonds. The number of ether oxygens (including phenoxy) is 2. The van der Waals surface area contributed by atoms with Gasteiger partial charge in [-0.05, 0) is 0 Å². The Kier molecular flexibility index (Phi) is 9.81.